The third-order valence-corrected chi connectivity index (χ3v) is 1.70. The summed E-state index contributed by atoms with van der Waals surface area (Å²) in [7, 11) is 0. The molecule has 2 N–H and O–H groups in total. The van der Waals surface area contributed by atoms with Crippen LogP contribution in [0.5, 0.6) is 0 Å². The predicted molar refractivity (Wildman–Crippen MR) is 39.4 cm³/mol. The van der Waals surface area contributed by atoms with E-state index in [1.165, 1.54) is 0 Å². The number of carboxylic acid groups (broad SMARTS) is 1. The quantitative estimate of drug-likeness (QED) is 0.609. The maximum Gasteiger partial charge on any atom is 0.505 e. The first-order valence-corrected chi connectivity index (χ1v) is 3.40. The highest BCUT2D eigenvalue weighted by molar-refractivity contribution is 5.56. The monoisotopic (exact) mass is 162 g/mol. The molecular weight excluding hydrogens is 148 g/mol. The Labute approximate surface area is 65.8 Å². The normalized spacial score (nSPS) is 14.2. The van der Waals surface area contributed by atoms with Crippen molar-refractivity contribution in [2.45, 2.75) is 26.9 Å². The second kappa shape index (κ2) is 3.57. The number of aliphatic hydroxyl groups excluding tert-OH is 1. The molecule has 0 rings (SSSR count). The Bertz CT molecular complexity index is 139. The minimum absolute atomic E-state index is 0.0139. The lowest BCUT2D eigenvalue weighted by molar-refractivity contribution is -0.00377. The Balaban J connectivity index is 3.82. The van der Waals surface area contributed by atoms with Crippen LogP contribution >= 0.6 is 0 Å². The van der Waals surface area contributed by atoms with Crippen molar-refractivity contribution in [2.75, 3.05) is 6.61 Å². The minimum atomic E-state index is -1.31. The van der Waals surface area contributed by atoms with Crippen LogP contribution in [0.3, 0.4) is 0 Å². The lowest BCUT2D eigenvalue weighted by Gasteiger charge is -2.26. The summed E-state index contributed by atoms with van der Waals surface area (Å²) in [4.78, 5) is 9.96. The second-order valence-corrected chi connectivity index (χ2v) is 3.22. The van der Waals surface area contributed by atoms with Gasteiger partial charge in [0, 0.05) is 5.41 Å². The highest BCUT2D eigenvalue weighted by atomic mass is 16.7. The predicted octanol–water partition coefficient (Wildman–Crippen LogP) is 1.09. The largest absolute Gasteiger partial charge is 0.505 e. The molecule has 4 nitrogen and oxygen atoms in total. The van der Waals surface area contributed by atoms with Crippen molar-refractivity contribution in [1.82, 2.24) is 0 Å². The third-order valence-electron chi connectivity index (χ3n) is 1.70. The Morgan fingerprint density at radius 2 is 2.09 bits per heavy atom. The van der Waals surface area contributed by atoms with Gasteiger partial charge in [0.25, 0.3) is 0 Å². The van der Waals surface area contributed by atoms with Gasteiger partial charge in [-0.05, 0) is 6.92 Å². The van der Waals surface area contributed by atoms with E-state index in [-0.39, 0.29) is 6.61 Å². The molecule has 0 saturated carbocycles. The first kappa shape index (κ1) is 10.2. The molecule has 0 aromatic heterocycles. The first-order valence-electron chi connectivity index (χ1n) is 3.40. The maximum absolute atomic E-state index is 9.96. The number of rotatable bonds is 3. The zero-order chi connectivity index (χ0) is 9.07. The van der Waals surface area contributed by atoms with Crippen molar-refractivity contribution in [1.29, 1.82) is 0 Å². The molecule has 0 aromatic carbocycles. The molecule has 0 bridgehead atoms. The molecule has 0 aliphatic rings. The van der Waals surface area contributed by atoms with E-state index < -0.39 is 17.7 Å². The first-order chi connectivity index (χ1) is 4.86. The summed E-state index contributed by atoms with van der Waals surface area (Å²) in [5.74, 6) is 0. The Morgan fingerprint density at radius 1 is 1.64 bits per heavy atom. The smallest absolute Gasteiger partial charge is 0.450 e. The topological polar surface area (TPSA) is 66.8 Å². The molecule has 0 aromatic rings. The van der Waals surface area contributed by atoms with Gasteiger partial charge in [-0.1, -0.05) is 13.8 Å². The van der Waals surface area contributed by atoms with Gasteiger partial charge in [0.2, 0.25) is 0 Å². The van der Waals surface area contributed by atoms with E-state index >= 15 is 0 Å². The number of hydrogen-bond donors (Lipinski definition) is 2. The van der Waals surface area contributed by atoms with E-state index in [9.17, 15) is 4.79 Å². The van der Waals surface area contributed by atoms with E-state index in [0.717, 1.165) is 0 Å². The lowest BCUT2D eigenvalue weighted by atomic mass is 9.89. The van der Waals surface area contributed by atoms with Gasteiger partial charge in [-0.2, -0.15) is 0 Å². The fourth-order valence-electron chi connectivity index (χ4n) is 0.368. The summed E-state index contributed by atoms with van der Waals surface area (Å²) >= 11 is 0. The molecule has 0 fully saturated rings. The highest BCUT2D eigenvalue weighted by Crippen LogP contribution is 2.20. The van der Waals surface area contributed by atoms with Crippen molar-refractivity contribution < 1.29 is 19.7 Å². The third kappa shape index (κ3) is 3.83. The molecule has 1 unspecified atom stereocenters. The maximum atomic E-state index is 9.96. The van der Waals surface area contributed by atoms with Crippen molar-refractivity contribution in [3.05, 3.63) is 0 Å². The molecule has 11 heavy (non-hydrogen) atoms. The summed E-state index contributed by atoms with van der Waals surface area (Å²) in [6, 6.07) is 0. The van der Waals surface area contributed by atoms with Crippen LogP contribution in [-0.4, -0.2) is 29.1 Å². The lowest BCUT2D eigenvalue weighted by Crippen LogP contribution is -2.32. The van der Waals surface area contributed by atoms with Crippen LogP contribution in [0.4, 0.5) is 4.79 Å². The van der Waals surface area contributed by atoms with E-state index in [0.29, 0.717) is 0 Å². The summed E-state index contributed by atoms with van der Waals surface area (Å²) in [5.41, 5.74) is -0.515. The van der Waals surface area contributed by atoms with E-state index in [4.69, 9.17) is 10.2 Å². The molecule has 0 aliphatic heterocycles. The molecule has 66 valence electrons. The van der Waals surface area contributed by atoms with Crippen molar-refractivity contribution >= 4 is 6.16 Å². The molecule has 0 saturated heterocycles. The van der Waals surface area contributed by atoms with Crippen LogP contribution in [0.1, 0.15) is 20.8 Å². The van der Waals surface area contributed by atoms with Gasteiger partial charge in [0.05, 0.1) is 6.10 Å². The van der Waals surface area contributed by atoms with Crippen molar-refractivity contribution in [3.8, 4) is 0 Å². The van der Waals surface area contributed by atoms with Gasteiger partial charge in [0.15, 0.2) is 0 Å². The number of ether oxygens (including phenoxy) is 1. The van der Waals surface area contributed by atoms with Crippen LogP contribution in [0.2, 0.25) is 0 Å². The number of aliphatic hydroxyl groups is 1. The zero-order valence-corrected chi connectivity index (χ0v) is 7.00. The van der Waals surface area contributed by atoms with Crippen LogP contribution < -0.4 is 0 Å². The number of hydrogen-bond acceptors (Lipinski definition) is 3. The molecule has 0 aliphatic carbocycles. The highest BCUT2D eigenvalue weighted by Gasteiger charge is 2.25. The molecule has 0 radical (unpaired) electrons. The molecule has 1 atom stereocenters. The molecule has 0 amide bonds. The fraction of sp³-hybridized carbons (Fsp3) is 0.857. The van der Waals surface area contributed by atoms with Crippen molar-refractivity contribution in [3.63, 3.8) is 0 Å². The average molecular weight is 162 g/mol. The van der Waals surface area contributed by atoms with Crippen molar-refractivity contribution in [2.24, 2.45) is 5.41 Å². The summed E-state index contributed by atoms with van der Waals surface area (Å²) < 4.78 is 4.32. The summed E-state index contributed by atoms with van der Waals surface area (Å²) in [5, 5.41) is 17.3. The molecule has 4 heteroatoms. The number of carbonyl (C=O) groups is 1. The van der Waals surface area contributed by atoms with Gasteiger partial charge in [-0.15, -0.1) is 0 Å². The molecular formula is C7H14O4. The summed E-state index contributed by atoms with van der Waals surface area (Å²) in [6.07, 6.45) is -1.89. The average Bonchev–Trinajstić information content (AvgIpc) is 1.84. The standard InChI is InChI=1S/C7H14O4/c1-5(8)7(2,3)4-11-6(9)10/h5,8H,4H2,1-3H3,(H,9,10). The van der Waals surface area contributed by atoms with Crippen LogP contribution in [0, 0.1) is 5.41 Å². The zero-order valence-electron chi connectivity index (χ0n) is 7.00. The Hall–Kier alpha value is -0.770. The summed E-state index contributed by atoms with van der Waals surface area (Å²) in [6.45, 7) is 5.09. The van der Waals surface area contributed by atoms with Gasteiger partial charge in [-0.25, -0.2) is 4.79 Å². The van der Waals surface area contributed by atoms with Crippen LogP contribution in [-0.2, 0) is 4.74 Å². The molecule has 0 heterocycles. The van der Waals surface area contributed by atoms with Gasteiger partial charge in [-0.3, -0.25) is 0 Å². The van der Waals surface area contributed by atoms with Gasteiger partial charge < -0.3 is 14.9 Å². The Kier molecular flexibility index (Phi) is 3.32. The van der Waals surface area contributed by atoms with E-state index in [1.54, 1.807) is 20.8 Å². The molecule has 0 spiro atoms. The SMILES string of the molecule is CC(O)C(C)(C)COC(=O)O. The van der Waals surface area contributed by atoms with E-state index in [2.05, 4.69) is 4.74 Å². The van der Waals surface area contributed by atoms with E-state index in [1.807, 2.05) is 0 Å². The van der Waals surface area contributed by atoms with Gasteiger partial charge >= 0.3 is 6.16 Å². The Morgan fingerprint density at radius 3 is 2.36 bits per heavy atom. The minimum Gasteiger partial charge on any atom is -0.450 e. The second-order valence-electron chi connectivity index (χ2n) is 3.22. The van der Waals surface area contributed by atoms with Crippen LogP contribution in [0.25, 0.3) is 0 Å². The van der Waals surface area contributed by atoms with Crippen LogP contribution in [0.15, 0.2) is 0 Å². The van der Waals surface area contributed by atoms with Gasteiger partial charge in [0.1, 0.15) is 6.61 Å². The fourth-order valence-corrected chi connectivity index (χ4v) is 0.368.